The van der Waals surface area contributed by atoms with Crippen LogP contribution >= 0.6 is 15.9 Å². The number of carbonyl (C=O) groups excluding carboxylic acids is 3. The SMILES string of the molecule is CCN(c1c(C)c(C(=O)NCC2C(=O)N=C(C)C=C2C)cc2cc(Br)cn12)C1CCN(C(C)=O)CC1. The second-order valence-corrected chi connectivity index (χ2v) is 10.6. The molecule has 36 heavy (non-hydrogen) atoms. The second kappa shape index (κ2) is 10.6. The number of nitrogens with one attached hydrogen (secondary N) is 1. The third-order valence-electron chi connectivity index (χ3n) is 7.32. The van der Waals surface area contributed by atoms with Crippen LogP contribution in [0.5, 0.6) is 0 Å². The summed E-state index contributed by atoms with van der Waals surface area (Å²) in [7, 11) is 0. The quantitative estimate of drug-likeness (QED) is 0.580. The zero-order chi connectivity index (χ0) is 26.1. The first-order valence-electron chi connectivity index (χ1n) is 12.5. The van der Waals surface area contributed by atoms with Crippen LogP contribution < -0.4 is 10.2 Å². The van der Waals surface area contributed by atoms with Crippen molar-refractivity contribution < 1.29 is 14.4 Å². The molecule has 1 fully saturated rings. The molecule has 1 atom stereocenters. The van der Waals surface area contributed by atoms with Crippen LogP contribution in [0.25, 0.3) is 5.52 Å². The number of aromatic nitrogens is 1. The van der Waals surface area contributed by atoms with Gasteiger partial charge in [0, 0.05) is 72.2 Å². The van der Waals surface area contributed by atoms with E-state index in [2.05, 4.69) is 42.5 Å². The molecule has 0 aromatic carbocycles. The number of hydrogen-bond donors (Lipinski definition) is 1. The molecule has 0 aliphatic carbocycles. The minimum Gasteiger partial charge on any atom is -0.355 e. The molecule has 2 aromatic heterocycles. The van der Waals surface area contributed by atoms with Crippen molar-refractivity contribution in [2.24, 2.45) is 10.9 Å². The summed E-state index contributed by atoms with van der Waals surface area (Å²) >= 11 is 3.60. The smallest absolute Gasteiger partial charge is 0.254 e. The Labute approximate surface area is 220 Å². The fraction of sp³-hybridized carbons (Fsp3) is 0.481. The van der Waals surface area contributed by atoms with Gasteiger partial charge in [-0.3, -0.25) is 14.4 Å². The van der Waals surface area contributed by atoms with Gasteiger partial charge in [-0.25, -0.2) is 4.99 Å². The number of aliphatic imine (C=N–C) groups is 1. The van der Waals surface area contributed by atoms with Gasteiger partial charge in [0.25, 0.3) is 11.8 Å². The lowest BCUT2D eigenvalue weighted by molar-refractivity contribution is -0.129. The summed E-state index contributed by atoms with van der Waals surface area (Å²) in [5, 5.41) is 2.99. The summed E-state index contributed by atoms with van der Waals surface area (Å²) in [6.45, 7) is 11.9. The fourth-order valence-corrected chi connectivity index (χ4v) is 5.85. The Morgan fingerprint density at radius 2 is 1.89 bits per heavy atom. The van der Waals surface area contributed by atoms with E-state index in [1.54, 1.807) is 13.8 Å². The van der Waals surface area contributed by atoms with Gasteiger partial charge in [0.1, 0.15) is 5.82 Å². The highest BCUT2D eigenvalue weighted by atomic mass is 79.9. The Morgan fingerprint density at radius 3 is 2.50 bits per heavy atom. The molecule has 192 valence electrons. The molecule has 1 N–H and O–H groups in total. The Balaban J connectivity index is 1.64. The van der Waals surface area contributed by atoms with Crippen LogP contribution in [0.4, 0.5) is 5.82 Å². The summed E-state index contributed by atoms with van der Waals surface area (Å²) in [6, 6.07) is 4.17. The van der Waals surface area contributed by atoms with Crippen molar-refractivity contribution in [3.63, 3.8) is 0 Å². The lowest BCUT2D eigenvalue weighted by Gasteiger charge is -2.40. The van der Waals surface area contributed by atoms with E-state index in [0.717, 1.165) is 59.4 Å². The topological polar surface area (TPSA) is 86.5 Å². The first-order chi connectivity index (χ1) is 17.1. The van der Waals surface area contributed by atoms with E-state index in [9.17, 15) is 14.4 Å². The second-order valence-electron chi connectivity index (χ2n) is 9.73. The van der Waals surface area contributed by atoms with Crippen molar-refractivity contribution in [3.8, 4) is 0 Å². The van der Waals surface area contributed by atoms with Crippen molar-refractivity contribution in [1.29, 1.82) is 0 Å². The van der Waals surface area contributed by atoms with Crippen molar-refractivity contribution in [2.75, 3.05) is 31.1 Å². The summed E-state index contributed by atoms with van der Waals surface area (Å²) in [5.74, 6) is 0.234. The first-order valence-corrected chi connectivity index (χ1v) is 13.3. The number of dihydropyridines is 1. The molecular weight excluding hydrogens is 522 g/mol. The molecule has 1 saturated heterocycles. The molecule has 9 heteroatoms. The van der Waals surface area contributed by atoms with E-state index in [-0.39, 0.29) is 30.3 Å². The molecule has 2 aliphatic rings. The molecule has 0 radical (unpaired) electrons. The van der Waals surface area contributed by atoms with Crippen LogP contribution in [0.3, 0.4) is 0 Å². The molecule has 1 unspecified atom stereocenters. The minimum atomic E-state index is -0.442. The third-order valence-corrected chi connectivity index (χ3v) is 7.76. The average molecular weight is 557 g/mol. The number of hydrogen-bond acceptors (Lipinski definition) is 4. The van der Waals surface area contributed by atoms with E-state index in [1.807, 2.05) is 43.2 Å². The van der Waals surface area contributed by atoms with Crippen LogP contribution in [0.1, 0.15) is 56.5 Å². The molecule has 0 spiro atoms. The van der Waals surface area contributed by atoms with Crippen molar-refractivity contribution in [1.82, 2.24) is 14.6 Å². The zero-order valence-electron chi connectivity index (χ0n) is 21.6. The van der Waals surface area contributed by atoms with E-state index in [4.69, 9.17) is 0 Å². The van der Waals surface area contributed by atoms with E-state index in [0.29, 0.717) is 11.3 Å². The van der Waals surface area contributed by atoms with Gasteiger partial charge in [0.2, 0.25) is 5.91 Å². The van der Waals surface area contributed by atoms with Gasteiger partial charge in [-0.05, 0) is 74.7 Å². The van der Waals surface area contributed by atoms with Gasteiger partial charge in [0.15, 0.2) is 0 Å². The highest BCUT2D eigenvalue weighted by molar-refractivity contribution is 9.10. The number of nitrogens with zero attached hydrogens (tertiary/aromatic N) is 4. The van der Waals surface area contributed by atoms with Crippen LogP contribution in [0.2, 0.25) is 0 Å². The van der Waals surface area contributed by atoms with Gasteiger partial charge >= 0.3 is 0 Å². The predicted octanol–water partition coefficient (Wildman–Crippen LogP) is 4.14. The van der Waals surface area contributed by atoms with E-state index >= 15 is 0 Å². The number of piperidine rings is 1. The van der Waals surface area contributed by atoms with Crippen LogP contribution in [-0.4, -0.2) is 65.0 Å². The summed E-state index contributed by atoms with van der Waals surface area (Å²) in [6.07, 6.45) is 5.68. The fourth-order valence-electron chi connectivity index (χ4n) is 5.41. The molecule has 3 amide bonds. The number of carbonyl (C=O) groups is 3. The van der Waals surface area contributed by atoms with Crippen LogP contribution in [0.15, 0.2) is 39.4 Å². The normalized spacial score (nSPS) is 18.8. The number of amides is 3. The molecule has 8 nitrogen and oxygen atoms in total. The number of fused-ring (bicyclic) bond motifs is 1. The van der Waals surface area contributed by atoms with Gasteiger partial charge in [0.05, 0.1) is 5.92 Å². The van der Waals surface area contributed by atoms with Gasteiger partial charge in [-0.1, -0.05) is 5.57 Å². The maximum Gasteiger partial charge on any atom is 0.254 e. The minimum absolute atomic E-state index is 0.116. The molecule has 0 bridgehead atoms. The average Bonchev–Trinajstić information content (AvgIpc) is 3.19. The summed E-state index contributed by atoms with van der Waals surface area (Å²) in [5.41, 5.74) is 3.99. The number of likely N-dealkylation sites (tertiary alicyclic amines) is 1. The van der Waals surface area contributed by atoms with Gasteiger partial charge in [-0.2, -0.15) is 0 Å². The lowest BCUT2D eigenvalue weighted by atomic mass is 9.95. The van der Waals surface area contributed by atoms with Gasteiger partial charge < -0.3 is 19.5 Å². The summed E-state index contributed by atoms with van der Waals surface area (Å²) < 4.78 is 3.07. The Kier molecular flexibility index (Phi) is 7.68. The first kappa shape index (κ1) is 26.1. The van der Waals surface area contributed by atoms with Crippen molar-refractivity contribution in [3.05, 3.63) is 45.6 Å². The number of allylic oxidation sites excluding steroid dienone is 1. The largest absolute Gasteiger partial charge is 0.355 e. The number of rotatable bonds is 6. The molecule has 4 rings (SSSR count). The summed E-state index contributed by atoms with van der Waals surface area (Å²) in [4.78, 5) is 46.0. The highest BCUT2D eigenvalue weighted by Gasteiger charge is 2.29. The molecule has 0 saturated carbocycles. The lowest BCUT2D eigenvalue weighted by Crippen LogP contribution is -2.47. The third kappa shape index (κ3) is 5.12. The zero-order valence-corrected chi connectivity index (χ0v) is 23.2. The van der Waals surface area contributed by atoms with E-state index < -0.39 is 5.92 Å². The highest BCUT2D eigenvalue weighted by Crippen LogP contribution is 2.32. The number of pyridine rings is 1. The van der Waals surface area contributed by atoms with Crippen molar-refractivity contribution in [2.45, 2.75) is 53.5 Å². The molecular formula is C27H34BrN5O3. The van der Waals surface area contributed by atoms with Crippen LogP contribution in [0, 0.1) is 12.8 Å². The van der Waals surface area contributed by atoms with Crippen molar-refractivity contribution >= 4 is 50.7 Å². The Hall–Kier alpha value is -2.94. The van der Waals surface area contributed by atoms with E-state index in [1.165, 1.54) is 0 Å². The number of anilines is 1. The monoisotopic (exact) mass is 555 g/mol. The number of halogens is 1. The molecule has 4 heterocycles. The Bertz CT molecular complexity index is 1270. The van der Waals surface area contributed by atoms with Crippen LogP contribution in [-0.2, 0) is 9.59 Å². The predicted molar refractivity (Wildman–Crippen MR) is 146 cm³/mol. The van der Waals surface area contributed by atoms with Gasteiger partial charge in [-0.15, -0.1) is 0 Å². The Morgan fingerprint density at radius 1 is 1.19 bits per heavy atom. The molecule has 2 aliphatic heterocycles. The standard InChI is InChI=1S/C27H34BrN5O3/c1-6-32(21-7-9-31(10-8-21)19(5)34)27-18(4)23(13-22-12-20(28)15-33(22)27)25(35)29-14-24-16(2)11-17(3)30-26(24)36/h11-13,15,21,24H,6-10,14H2,1-5H3,(H,29,35). The maximum absolute atomic E-state index is 13.4. The maximum atomic E-state index is 13.4. The molecule has 2 aromatic rings.